The minimum absolute atomic E-state index is 0.0426. The van der Waals surface area contributed by atoms with Crippen molar-refractivity contribution in [1.82, 2.24) is 4.31 Å². The van der Waals surface area contributed by atoms with Crippen LogP contribution in [0.1, 0.15) is 30.0 Å². The van der Waals surface area contributed by atoms with E-state index in [0.717, 1.165) is 28.8 Å². The van der Waals surface area contributed by atoms with Gasteiger partial charge in [-0.25, -0.2) is 8.42 Å². The zero-order valence-corrected chi connectivity index (χ0v) is 17.8. The number of para-hydroxylation sites is 1. The van der Waals surface area contributed by atoms with Crippen molar-refractivity contribution in [3.05, 3.63) is 59.2 Å². The second kappa shape index (κ2) is 9.52. The number of hydrogen-bond acceptors (Lipinski definition) is 4. The molecule has 6 nitrogen and oxygen atoms in total. The molecule has 0 aromatic heterocycles. The van der Waals surface area contributed by atoms with Gasteiger partial charge in [-0.3, -0.25) is 4.79 Å². The number of amides is 1. The molecule has 7 heteroatoms. The molecule has 2 aromatic rings. The fraction of sp³-hybridized carbons (Fsp3) is 0.409. The van der Waals surface area contributed by atoms with Crippen molar-refractivity contribution >= 4 is 21.6 Å². The number of hydrogen-bond donors (Lipinski definition) is 1. The average Bonchev–Trinajstić information content (AvgIpc) is 2.74. The summed E-state index contributed by atoms with van der Waals surface area (Å²) in [6.07, 6.45) is 1.75. The molecular formula is C22H28N2O4S. The molecule has 1 fully saturated rings. The third kappa shape index (κ3) is 5.23. The minimum Gasteiger partial charge on any atom is -0.379 e. The molecule has 1 amide bonds. The number of carbonyl (C=O) groups is 1. The van der Waals surface area contributed by atoms with E-state index in [-0.39, 0.29) is 10.8 Å². The van der Waals surface area contributed by atoms with E-state index < -0.39 is 10.0 Å². The van der Waals surface area contributed by atoms with Crippen LogP contribution >= 0.6 is 0 Å². The van der Waals surface area contributed by atoms with Gasteiger partial charge in [0.25, 0.3) is 0 Å². The van der Waals surface area contributed by atoms with Crippen LogP contribution in [-0.4, -0.2) is 44.9 Å². The van der Waals surface area contributed by atoms with Crippen LogP contribution in [-0.2, 0) is 32.4 Å². The molecule has 3 rings (SSSR count). The van der Waals surface area contributed by atoms with Gasteiger partial charge in [0.05, 0.1) is 18.1 Å². The van der Waals surface area contributed by atoms with Crippen molar-refractivity contribution in [1.29, 1.82) is 0 Å². The normalized spacial score (nSPS) is 15.2. The van der Waals surface area contributed by atoms with E-state index >= 15 is 0 Å². The van der Waals surface area contributed by atoms with E-state index in [1.54, 1.807) is 24.3 Å². The van der Waals surface area contributed by atoms with Crippen molar-refractivity contribution in [2.75, 3.05) is 31.6 Å². The molecule has 0 unspecified atom stereocenters. The Labute approximate surface area is 172 Å². The van der Waals surface area contributed by atoms with E-state index in [4.69, 9.17) is 4.74 Å². The number of nitrogens with one attached hydrogen (secondary N) is 1. The monoisotopic (exact) mass is 416 g/mol. The standard InChI is InChI=1S/C22H28N2O4S/c1-3-19-6-4-5-17(2)22(19)23-21(25)12-9-18-7-10-20(11-8-18)29(26,27)24-13-15-28-16-14-24/h4-8,10-11H,3,9,12-16H2,1-2H3,(H,23,25). The molecular weight excluding hydrogens is 388 g/mol. The number of morpholine rings is 1. The lowest BCUT2D eigenvalue weighted by molar-refractivity contribution is -0.116. The third-order valence-corrected chi connectivity index (χ3v) is 7.09. The maximum atomic E-state index is 12.7. The molecule has 0 spiro atoms. The zero-order valence-electron chi connectivity index (χ0n) is 17.0. The minimum atomic E-state index is -3.49. The summed E-state index contributed by atoms with van der Waals surface area (Å²) in [6.45, 7) is 5.66. The molecule has 29 heavy (non-hydrogen) atoms. The molecule has 1 aliphatic heterocycles. The molecule has 156 valence electrons. The van der Waals surface area contributed by atoms with Crippen molar-refractivity contribution in [3.63, 3.8) is 0 Å². The molecule has 0 aliphatic carbocycles. The Morgan fingerprint density at radius 3 is 2.45 bits per heavy atom. The van der Waals surface area contributed by atoms with Crippen LogP contribution in [0.5, 0.6) is 0 Å². The lowest BCUT2D eigenvalue weighted by atomic mass is 10.1. The summed E-state index contributed by atoms with van der Waals surface area (Å²) in [5.74, 6) is -0.0426. The highest BCUT2D eigenvalue weighted by molar-refractivity contribution is 7.89. The van der Waals surface area contributed by atoms with Crippen molar-refractivity contribution in [3.8, 4) is 0 Å². The SMILES string of the molecule is CCc1cccc(C)c1NC(=O)CCc1ccc(S(=O)(=O)N2CCOCC2)cc1. The van der Waals surface area contributed by atoms with Gasteiger partial charge >= 0.3 is 0 Å². The van der Waals surface area contributed by atoms with Crippen LogP contribution in [0.2, 0.25) is 0 Å². The number of rotatable bonds is 7. The second-order valence-electron chi connectivity index (χ2n) is 7.17. The fourth-order valence-electron chi connectivity index (χ4n) is 3.43. The van der Waals surface area contributed by atoms with E-state index in [0.29, 0.717) is 39.1 Å². The molecule has 0 saturated carbocycles. The first kappa shape index (κ1) is 21.5. The van der Waals surface area contributed by atoms with Crippen molar-refractivity contribution < 1.29 is 17.9 Å². The Kier molecular flexibility index (Phi) is 7.05. The Bertz CT molecular complexity index is 949. The molecule has 0 radical (unpaired) electrons. The van der Waals surface area contributed by atoms with Gasteiger partial charge in [-0.2, -0.15) is 4.31 Å². The first-order valence-corrected chi connectivity index (χ1v) is 11.4. The number of nitrogens with zero attached hydrogens (tertiary/aromatic N) is 1. The van der Waals surface area contributed by atoms with E-state index in [1.807, 2.05) is 25.1 Å². The van der Waals surface area contributed by atoms with Gasteiger partial charge in [0, 0.05) is 25.2 Å². The maximum Gasteiger partial charge on any atom is 0.243 e. The van der Waals surface area contributed by atoms with Crippen molar-refractivity contribution in [2.45, 2.75) is 38.0 Å². The van der Waals surface area contributed by atoms with E-state index in [2.05, 4.69) is 12.2 Å². The number of sulfonamides is 1. The summed E-state index contributed by atoms with van der Waals surface area (Å²) in [4.78, 5) is 12.7. The van der Waals surface area contributed by atoms with Gasteiger partial charge in [-0.05, 0) is 48.6 Å². The number of aryl methyl sites for hydroxylation is 3. The largest absolute Gasteiger partial charge is 0.379 e. The second-order valence-corrected chi connectivity index (χ2v) is 9.11. The maximum absolute atomic E-state index is 12.7. The summed E-state index contributed by atoms with van der Waals surface area (Å²) < 4.78 is 32.0. The van der Waals surface area contributed by atoms with Gasteiger partial charge in [-0.15, -0.1) is 0 Å². The van der Waals surface area contributed by atoms with Gasteiger partial charge in [0.1, 0.15) is 0 Å². The summed E-state index contributed by atoms with van der Waals surface area (Å²) >= 11 is 0. The predicted molar refractivity (Wildman–Crippen MR) is 114 cm³/mol. The Morgan fingerprint density at radius 2 is 1.79 bits per heavy atom. The first-order valence-electron chi connectivity index (χ1n) is 9.97. The quantitative estimate of drug-likeness (QED) is 0.752. The molecule has 1 saturated heterocycles. The van der Waals surface area contributed by atoms with Crippen molar-refractivity contribution in [2.24, 2.45) is 0 Å². The molecule has 1 aliphatic rings. The third-order valence-electron chi connectivity index (χ3n) is 5.18. The summed E-state index contributed by atoms with van der Waals surface area (Å²) in [5.41, 5.74) is 4.00. The Hall–Kier alpha value is -2.22. The highest BCUT2D eigenvalue weighted by atomic mass is 32.2. The highest BCUT2D eigenvalue weighted by Crippen LogP contribution is 2.22. The molecule has 0 bridgehead atoms. The molecule has 2 aromatic carbocycles. The topological polar surface area (TPSA) is 75.7 Å². The summed E-state index contributed by atoms with van der Waals surface area (Å²) in [7, 11) is -3.49. The smallest absolute Gasteiger partial charge is 0.243 e. The van der Waals surface area contributed by atoms with Gasteiger partial charge in [0.15, 0.2) is 0 Å². The van der Waals surface area contributed by atoms with Crippen LogP contribution < -0.4 is 5.32 Å². The van der Waals surface area contributed by atoms with Crippen LogP contribution in [0.15, 0.2) is 47.4 Å². The van der Waals surface area contributed by atoms with Gasteiger partial charge < -0.3 is 10.1 Å². The van der Waals surface area contributed by atoms with Crippen LogP contribution in [0.25, 0.3) is 0 Å². The zero-order chi connectivity index (χ0) is 20.9. The Balaban J connectivity index is 1.60. The van der Waals surface area contributed by atoms with Gasteiger partial charge in [0.2, 0.25) is 15.9 Å². The lowest BCUT2D eigenvalue weighted by Gasteiger charge is -2.26. The van der Waals surface area contributed by atoms with E-state index in [1.165, 1.54) is 4.31 Å². The number of ether oxygens (including phenoxy) is 1. The number of carbonyl (C=O) groups excluding carboxylic acids is 1. The number of benzene rings is 2. The molecule has 1 N–H and O–H groups in total. The van der Waals surface area contributed by atoms with Crippen LogP contribution in [0, 0.1) is 6.92 Å². The summed E-state index contributed by atoms with van der Waals surface area (Å²) in [6, 6.07) is 12.8. The summed E-state index contributed by atoms with van der Waals surface area (Å²) in [5, 5.41) is 3.03. The van der Waals surface area contributed by atoms with Crippen LogP contribution in [0.4, 0.5) is 5.69 Å². The van der Waals surface area contributed by atoms with E-state index in [9.17, 15) is 13.2 Å². The highest BCUT2D eigenvalue weighted by Gasteiger charge is 2.26. The molecule has 0 atom stereocenters. The fourth-order valence-corrected chi connectivity index (χ4v) is 4.83. The lowest BCUT2D eigenvalue weighted by Crippen LogP contribution is -2.40. The van der Waals surface area contributed by atoms with Crippen LogP contribution in [0.3, 0.4) is 0 Å². The first-order chi connectivity index (χ1) is 13.9. The van der Waals surface area contributed by atoms with Gasteiger partial charge in [-0.1, -0.05) is 37.3 Å². The number of anilines is 1. The Morgan fingerprint density at radius 1 is 1.10 bits per heavy atom. The predicted octanol–water partition coefficient (Wildman–Crippen LogP) is 3.15. The average molecular weight is 417 g/mol. The molecule has 1 heterocycles.